The molecule has 5 atom stereocenters. The van der Waals surface area contributed by atoms with Gasteiger partial charge in [0.1, 0.15) is 11.9 Å². The van der Waals surface area contributed by atoms with E-state index in [0.717, 1.165) is 25.2 Å². The van der Waals surface area contributed by atoms with Crippen LogP contribution in [0.25, 0.3) is 0 Å². The van der Waals surface area contributed by atoms with Gasteiger partial charge in [-0.25, -0.2) is 0 Å². The van der Waals surface area contributed by atoms with Crippen LogP contribution in [0.2, 0.25) is 0 Å². The van der Waals surface area contributed by atoms with E-state index in [1.165, 1.54) is 30.4 Å². The molecule has 5 nitrogen and oxygen atoms in total. The second-order valence-corrected chi connectivity index (χ2v) is 8.46. The second kappa shape index (κ2) is 7.85. The Kier molecular flexibility index (Phi) is 5.92. The predicted octanol–water partition coefficient (Wildman–Crippen LogP) is 1.94. The Bertz CT molecular complexity index is 614. The Labute approximate surface area is 155 Å². The highest BCUT2D eigenvalue weighted by molar-refractivity contribution is 5.40. The van der Waals surface area contributed by atoms with E-state index in [2.05, 4.69) is 13.0 Å². The summed E-state index contributed by atoms with van der Waals surface area (Å²) in [5, 5.41) is 44.1. The van der Waals surface area contributed by atoms with Gasteiger partial charge in [-0.2, -0.15) is 0 Å². The van der Waals surface area contributed by atoms with Gasteiger partial charge in [0.25, 0.3) is 0 Å². The molecule has 0 bridgehead atoms. The summed E-state index contributed by atoms with van der Waals surface area (Å²) in [6.45, 7) is 1.59. The number of hydrogen-bond acceptors (Lipinski definition) is 5. The lowest BCUT2D eigenvalue weighted by Gasteiger charge is -2.50. The summed E-state index contributed by atoms with van der Waals surface area (Å²) < 4.78 is 0. The van der Waals surface area contributed by atoms with Gasteiger partial charge in [-0.3, -0.25) is 0 Å². The average Bonchev–Trinajstić information content (AvgIpc) is 2.96. The van der Waals surface area contributed by atoms with Crippen molar-refractivity contribution < 1.29 is 25.5 Å². The molecule has 5 heteroatoms. The van der Waals surface area contributed by atoms with Gasteiger partial charge in [0.2, 0.25) is 0 Å². The summed E-state index contributed by atoms with van der Waals surface area (Å²) in [4.78, 5) is 0. The number of phenolic OH excluding ortho intramolecular Hbond substituents is 1. The van der Waals surface area contributed by atoms with Crippen LogP contribution in [-0.2, 0) is 6.42 Å². The molecule has 2 saturated carbocycles. The molecule has 2 fully saturated rings. The third kappa shape index (κ3) is 3.50. The highest BCUT2D eigenvalue weighted by atomic mass is 16.3. The molecule has 4 rings (SSSR count). The first-order chi connectivity index (χ1) is 12.4. The van der Waals surface area contributed by atoms with Crippen LogP contribution in [-0.4, -0.2) is 51.0 Å². The molecule has 0 amide bonds. The summed E-state index contributed by atoms with van der Waals surface area (Å²) in [6.07, 6.45) is 5.83. The Morgan fingerprint density at radius 3 is 2.50 bits per heavy atom. The van der Waals surface area contributed by atoms with E-state index >= 15 is 0 Å². The fourth-order valence-electron chi connectivity index (χ4n) is 5.60. The molecule has 0 radical (unpaired) electrons. The summed E-state index contributed by atoms with van der Waals surface area (Å²) in [7, 11) is 0. The first-order valence-corrected chi connectivity index (χ1v) is 9.80. The molecule has 1 aromatic carbocycles. The van der Waals surface area contributed by atoms with E-state index in [9.17, 15) is 10.2 Å². The van der Waals surface area contributed by atoms with Crippen molar-refractivity contribution >= 4 is 0 Å². The van der Waals surface area contributed by atoms with Gasteiger partial charge in [-0.15, -0.1) is 0 Å². The molecule has 5 N–H and O–H groups in total. The van der Waals surface area contributed by atoms with Gasteiger partial charge in [-0.1, -0.05) is 13.0 Å². The van der Waals surface area contributed by atoms with Crippen LogP contribution in [0.15, 0.2) is 18.2 Å². The third-order valence-corrected chi connectivity index (χ3v) is 7.08. The molecule has 0 spiro atoms. The van der Waals surface area contributed by atoms with E-state index in [4.69, 9.17) is 15.3 Å². The van der Waals surface area contributed by atoms with Crippen LogP contribution in [0.1, 0.15) is 56.1 Å². The first-order valence-electron chi connectivity index (χ1n) is 9.80. The Morgan fingerprint density at radius 1 is 1.12 bits per heavy atom. The minimum absolute atomic E-state index is 0.0883. The maximum atomic E-state index is 10.4. The largest absolute Gasteiger partial charge is 0.508 e. The third-order valence-electron chi connectivity index (χ3n) is 7.08. The van der Waals surface area contributed by atoms with Crippen LogP contribution < -0.4 is 0 Å². The molecular weight excluding hydrogens is 332 g/mol. The van der Waals surface area contributed by atoms with Gasteiger partial charge < -0.3 is 25.5 Å². The Balaban J connectivity index is 0.000000286. The van der Waals surface area contributed by atoms with Gasteiger partial charge in [0.15, 0.2) is 0 Å². The Morgan fingerprint density at radius 2 is 1.85 bits per heavy atom. The van der Waals surface area contributed by atoms with E-state index in [-0.39, 0.29) is 24.7 Å². The monoisotopic (exact) mass is 364 g/mol. The lowest BCUT2D eigenvalue weighted by Crippen LogP contribution is -2.43. The molecule has 0 heterocycles. The van der Waals surface area contributed by atoms with Crippen molar-refractivity contribution in [3.63, 3.8) is 0 Å². The van der Waals surface area contributed by atoms with Crippen molar-refractivity contribution in [1.29, 1.82) is 0 Å². The molecule has 0 aromatic heterocycles. The quantitative estimate of drug-likeness (QED) is 0.552. The zero-order chi connectivity index (χ0) is 18.9. The number of fused-ring (bicyclic) bond motifs is 5. The van der Waals surface area contributed by atoms with Crippen molar-refractivity contribution in [2.45, 2.75) is 63.6 Å². The molecule has 146 valence electrons. The standard InChI is InChI=1S/C18H24O2.C3H8O3/c1-18-9-8-14-13-5-3-12(19)10-11(13)2-4-15(14)16(18)6-7-17(18)20;4-1-3(6)2-5/h3,5,10,14-17,19-20H,2,4,6-9H2,1H3;3-6H,1-2H2/t14-,15-,16+,17+,18+;/m1./s1. The SMILES string of the molecule is C[C@]12CC[C@@H]3c4ccc(O)cc4CC[C@H]3[C@@H]1CC[C@@H]2O.OCC(O)CO. The number of benzene rings is 1. The zero-order valence-corrected chi connectivity index (χ0v) is 15.5. The number of aliphatic hydroxyl groups is 4. The van der Waals surface area contributed by atoms with Crippen molar-refractivity contribution in [2.24, 2.45) is 17.3 Å². The van der Waals surface area contributed by atoms with Crippen LogP contribution in [0.3, 0.4) is 0 Å². The molecule has 1 aromatic rings. The number of hydrogen-bond donors (Lipinski definition) is 5. The lowest BCUT2D eigenvalue weighted by molar-refractivity contribution is -0.0226. The van der Waals surface area contributed by atoms with E-state index in [0.29, 0.717) is 17.6 Å². The predicted molar refractivity (Wildman–Crippen MR) is 98.9 cm³/mol. The lowest BCUT2D eigenvalue weighted by atomic mass is 9.55. The first kappa shape index (κ1) is 19.6. The highest BCUT2D eigenvalue weighted by Gasteiger charge is 2.54. The average molecular weight is 364 g/mol. The van der Waals surface area contributed by atoms with Crippen LogP contribution in [0.4, 0.5) is 0 Å². The number of rotatable bonds is 2. The number of aromatic hydroxyl groups is 1. The van der Waals surface area contributed by atoms with Gasteiger partial charge in [0, 0.05) is 0 Å². The van der Waals surface area contributed by atoms with E-state index in [1.54, 1.807) is 0 Å². The normalized spacial score (nSPS) is 35.2. The zero-order valence-electron chi connectivity index (χ0n) is 15.5. The molecule has 0 saturated heterocycles. The molecule has 26 heavy (non-hydrogen) atoms. The summed E-state index contributed by atoms with van der Waals surface area (Å²) in [5.74, 6) is 2.49. The van der Waals surface area contributed by atoms with Gasteiger partial charge >= 0.3 is 0 Å². The van der Waals surface area contributed by atoms with Crippen LogP contribution in [0.5, 0.6) is 5.75 Å². The van der Waals surface area contributed by atoms with Crippen molar-refractivity contribution in [2.75, 3.05) is 13.2 Å². The van der Waals surface area contributed by atoms with Crippen LogP contribution in [0, 0.1) is 17.3 Å². The minimum atomic E-state index is -0.954. The number of phenols is 1. The van der Waals surface area contributed by atoms with Crippen LogP contribution >= 0.6 is 0 Å². The maximum Gasteiger partial charge on any atom is 0.115 e. The summed E-state index contributed by atoms with van der Waals surface area (Å²) in [6, 6.07) is 5.96. The smallest absolute Gasteiger partial charge is 0.115 e. The summed E-state index contributed by atoms with van der Waals surface area (Å²) >= 11 is 0. The van der Waals surface area contributed by atoms with Gasteiger partial charge in [-0.05, 0) is 85.0 Å². The topological polar surface area (TPSA) is 101 Å². The second-order valence-electron chi connectivity index (χ2n) is 8.46. The summed E-state index contributed by atoms with van der Waals surface area (Å²) in [5.41, 5.74) is 2.99. The number of aryl methyl sites for hydroxylation is 1. The van der Waals surface area contributed by atoms with E-state index < -0.39 is 6.10 Å². The minimum Gasteiger partial charge on any atom is -0.508 e. The van der Waals surface area contributed by atoms with Gasteiger partial charge in [0.05, 0.1) is 19.3 Å². The Hall–Kier alpha value is -1.14. The van der Waals surface area contributed by atoms with Crippen molar-refractivity contribution in [3.8, 4) is 5.75 Å². The molecule has 3 aliphatic rings. The van der Waals surface area contributed by atoms with Crippen molar-refractivity contribution in [1.82, 2.24) is 0 Å². The molecular formula is C21H32O5. The molecule has 3 aliphatic carbocycles. The highest BCUT2D eigenvalue weighted by Crippen LogP contribution is 2.60. The van der Waals surface area contributed by atoms with E-state index in [1.807, 2.05) is 12.1 Å². The number of aliphatic hydroxyl groups excluding tert-OH is 4. The fraction of sp³-hybridized carbons (Fsp3) is 0.714. The fourth-order valence-corrected chi connectivity index (χ4v) is 5.60. The molecule has 0 unspecified atom stereocenters. The van der Waals surface area contributed by atoms with Crippen molar-refractivity contribution in [3.05, 3.63) is 29.3 Å². The maximum absolute atomic E-state index is 10.4. The molecule has 0 aliphatic heterocycles.